The first kappa shape index (κ1) is 17.5. The normalized spacial score (nSPS) is 15.9. The average Bonchev–Trinajstić information content (AvgIpc) is 3.09. The van der Waals surface area contributed by atoms with E-state index >= 15 is 0 Å². The Morgan fingerprint density at radius 2 is 1.92 bits per heavy atom. The summed E-state index contributed by atoms with van der Waals surface area (Å²) in [7, 11) is 0. The molecule has 2 heterocycles. The van der Waals surface area contributed by atoms with Crippen molar-refractivity contribution in [2.24, 2.45) is 5.92 Å². The molecule has 1 fully saturated rings. The minimum absolute atomic E-state index is 0.117. The first-order valence-corrected chi connectivity index (χ1v) is 9.13. The fourth-order valence-corrected chi connectivity index (χ4v) is 3.13. The second kappa shape index (κ2) is 7.71. The quantitative estimate of drug-likeness (QED) is 0.546. The van der Waals surface area contributed by atoms with Crippen molar-refractivity contribution in [3.05, 3.63) is 52.2 Å². The minimum atomic E-state index is -0.212. The molecule has 0 aliphatic carbocycles. The Morgan fingerprint density at radius 3 is 2.56 bits per heavy atom. The zero-order valence-electron chi connectivity index (χ0n) is 14.0. The van der Waals surface area contributed by atoms with Crippen LogP contribution in [0.25, 0.3) is 17.4 Å². The van der Waals surface area contributed by atoms with Crippen LogP contribution < -0.4 is 0 Å². The Kier molecular flexibility index (Phi) is 5.40. The maximum atomic E-state index is 12.5. The molecule has 5 heteroatoms. The molecule has 1 aliphatic heterocycles. The third kappa shape index (κ3) is 4.21. The number of carbonyl (C=O) groups is 1. The standard InChI is InChI=1S/C20H19BrN2O2/c1-14-8-10-23(11-9-14)20(24)16(13-22)12-18-6-7-19(25-18)15-2-4-17(21)5-3-15/h2-7,12,14H,8-11H2,1H3/b16-12+. The van der Waals surface area contributed by atoms with E-state index in [0.29, 0.717) is 30.5 Å². The van der Waals surface area contributed by atoms with E-state index in [1.54, 1.807) is 11.0 Å². The maximum Gasteiger partial charge on any atom is 0.264 e. The first-order chi connectivity index (χ1) is 12.1. The summed E-state index contributed by atoms with van der Waals surface area (Å²) in [5.74, 6) is 1.64. The van der Waals surface area contributed by atoms with Gasteiger partial charge in [-0.15, -0.1) is 0 Å². The molecule has 3 rings (SSSR count). The van der Waals surface area contributed by atoms with Crippen molar-refractivity contribution in [3.8, 4) is 17.4 Å². The molecule has 1 amide bonds. The van der Waals surface area contributed by atoms with Gasteiger partial charge in [-0.25, -0.2) is 0 Å². The van der Waals surface area contributed by atoms with E-state index in [-0.39, 0.29) is 11.5 Å². The van der Waals surface area contributed by atoms with Gasteiger partial charge < -0.3 is 9.32 Å². The number of rotatable bonds is 3. The number of piperidine rings is 1. The number of furan rings is 1. The van der Waals surface area contributed by atoms with Crippen LogP contribution >= 0.6 is 15.9 Å². The Bertz CT molecular complexity index is 822. The van der Waals surface area contributed by atoms with Crippen molar-refractivity contribution in [2.45, 2.75) is 19.8 Å². The molecule has 1 saturated heterocycles. The highest BCUT2D eigenvalue weighted by atomic mass is 79.9. The van der Waals surface area contributed by atoms with E-state index in [9.17, 15) is 10.1 Å². The largest absolute Gasteiger partial charge is 0.457 e. The number of amides is 1. The highest BCUT2D eigenvalue weighted by Gasteiger charge is 2.23. The SMILES string of the molecule is CC1CCN(C(=O)/C(C#N)=C/c2ccc(-c3ccc(Br)cc3)o2)CC1. The van der Waals surface area contributed by atoms with Crippen molar-refractivity contribution in [1.29, 1.82) is 5.26 Å². The Morgan fingerprint density at radius 1 is 1.24 bits per heavy atom. The summed E-state index contributed by atoms with van der Waals surface area (Å²) in [6.45, 7) is 3.61. The zero-order chi connectivity index (χ0) is 17.8. The second-order valence-electron chi connectivity index (χ2n) is 6.35. The van der Waals surface area contributed by atoms with Gasteiger partial charge in [-0.1, -0.05) is 35.0 Å². The lowest BCUT2D eigenvalue weighted by Crippen LogP contribution is -2.38. The van der Waals surface area contributed by atoms with Crippen molar-refractivity contribution >= 4 is 27.9 Å². The molecule has 0 unspecified atom stereocenters. The van der Waals surface area contributed by atoms with Gasteiger partial charge in [0.05, 0.1) is 0 Å². The van der Waals surface area contributed by atoms with Crippen molar-refractivity contribution in [1.82, 2.24) is 4.90 Å². The van der Waals surface area contributed by atoms with Gasteiger partial charge in [-0.3, -0.25) is 4.79 Å². The molecule has 128 valence electrons. The molecule has 0 atom stereocenters. The smallest absolute Gasteiger partial charge is 0.264 e. The van der Waals surface area contributed by atoms with Gasteiger partial charge in [0.1, 0.15) is 23.2 Å². The molecule has 0 N–H and O–H groups in total. The lowest BCUT2D eigenvalue weighted by Gasteiger charge is -2.30. The molecular weight excluding hydrogens is 380 g/mol. The molecule has 25 heavy (non-hydrogen) atoms. The number of halogens is 1. The van der Waals surface area contributed by atoms with E-state index in [1.807, 2.05) is 36.4 Å². The van der Waals surface area contributed by atoms with Gasteiger partial charge in [0.2, 0.25) is 0 Å². The summed E-state index contributed by atoms with van der Waals surface area (Å²) in [6, 6.07) is 13.4. The van der Waals surface area contributed by atoms with Crippen LogP contribution in [0.5, 0.6) is 0 Å². The summed E-state index contributed by atoms with van der Waals surface area (Å²) in [5.41, 5.74) is 1.06. The van der Waals surface area contributed by atoms with E-state index in [4.69, 9.17) is 4.42 Å². The molecule has 0 radical (unpaired) electrons. The predicted molar refractivity (Wildman–Crippen MR) is 100 cm³/mol. The van der Waals surface area contributed by atoms with Crippen LogP contribution in [0.1, 0.15) is 25.5 Å². The monoisotopic (exact) mass is 398 g/mol. The van der Waals surface area contributed by atoms with E-state index in [0.717, 1.165) is 22.9 Å². The second-order valence-corrected chi connectivity index (χ2v) is 7.27. The number of hydrogen-bond acceptors (Lipinski definition) is 3. The molecule has 0 spiro atoms. The molecule has 2 aromatic rings. The van der Waals surface area contributed by atoms with Gasteiger partial charge >= 0.3 is 0 Å². The number of hydrogen-bond donors (Lipinski definition) is 0. The van der Waals surface area contributed by atoms with Crippen LogP contribution in [0.15, 0.2) is 50.9 Å². The van der Waals surface area contributed by atoms with Gasteiger partial charge in [0, 0.05) is 29.2 Å². The fraction of sp³-hybridized carbons (Fsp3) is 0.300. The van der Waals surface area contributed by atoms with Crippen LogP contribution in [0.2, 0.25) is 0 Å². The average molecular weight is 399 g/mol. The van der Waals surface area contributed by atoms with Crippen LogP contribution in [0.4, 0.5) is 0 Å². The molecular formula is C20H19BrN2O2. The highest BCUT2D eigenvalue weighted by molar-refractivity contribution is 9.10. The van der Waals surface area contributed by atoms with Crippen LogP contribution in [-0.2, 0) is 4.79 Å². The lowest BCUT2D eigenvalue weighted by molar-refractivity contribution is -0.127. The van der Waals surface area contributed by atoms with Gasteiger partial charge in [-0.05, 0) is 43.0 Å². The maximum absolute atomic E-state index is 12.5. The molecule has 1 aliphatic rings. The Hall–Kier alpha value is -2.32. The van der Waals surface area contributed by atoms with Gasteiger partial charge in [0.15, 0.2) is 0 Å². The summed E-state index contributed by atoms with van der Waals surface area (Å²) in [4.78, 5) is 14.3. The predicted octanol–water partition coefficient (Wildman–Crippen LogP) is 4.87. The molecule has 0 bridgehead atoms. The molecule has 1 aromatic heterocycles. The number of likely N-dealkylation sites (tertiary alicyclic amines) is 1. The number of nitriles is 1. The third-order valence-electron chi connectivity index (χ3n) is 4.46. The van der Waals surface area contributed by atoms with Gasteiger partial charge in [0.25, 0.3) is 5.91 Å². The number of carbonyl (C=O) groups excluding carboxylic acids is 1. The van der Waals surface area contributed by atoms with Crippen molar-refractivity contribution in [2.75, 3.05) is 13.1 Å². The first-order valence-electron chi connectivity index (χ1n) is 8.33. The van der Waals surface area contributed by atoms with Crippen molar-refractivity contribution in [3.63, 3.8) is 0 Å². The summed E-state index contributed by atoms with van der Waals surface area (Å²) >= 11 is 3.40. The minimum Gasteiger partial charge on any atom is -0.457 e. The third-order valence-corrected chi connectivity index (χ3v) is 4.99. The van der Waals surface area contributed by atoms with Crippen molar-refractivity contribution < 1.29 is 9.21 Å². The molecule has 0 saturated carbocycles. The van der Waals surface area contributed by atoms with E-state index in [1.165, 1.54) is 6.08 Å². The highest BCUT2D eigenvalue weighted by Crippen LogP contribution is 2.25. The topological polar surface area (TPSA) is 57.2 Å². The Balaban J connectivity index is 1.77. The number of benzene rings is 1. The molecule has 4 nitrogen and oxygen atoms in total. The summed E-state index contributed by atoms with van der Waals surface area (Å²) in [5, 5.41) is 9.38. The Labute approximate surface area is 155 Å². The fourth-order valence-electron chi connectivity index (χ4n) is 2.87. The summed E-state index contributed by atoms with van der Waals surface area (Å²) in [6.07, 6.45) is 3.50. The number of nitrogens with zero attached hydrogens (tertiary/aromatic N) is 2. The van der Waals surface area contributed by atoms with Crippen LogP contribution in [0.3, 0.4) is 0 Å². The summed E-state index contributed by atoms with van der Waals surface area (Å²) < 4.78 is 6.78. The molecule has 1 aromatic carbocycles. The lowest BCUT2D eigenvalue weighted by atomic mass is 9.98. The zero-order valence-corrected chi connectivity index (χ0v) is 15.6. The van der Waals surface area contributed by atoms with E-state index in [2.05, 4.69) is 22.9 Å². The van der Waals surface area contributed by atoms with E-state index < -0.39 is 0 Å². The van der Waals surface area contributed by atoms with Crippen LogP contribution in [-0.4, -0.2) is 23.9 Å². The van der Waals surface area contributed by atoms with Crippen LogP contribution in [0, 0.1) is 17.2 Å². The van der Waals surface area contributed by atoms with Gasteiger partial charge in [-0.2, -0.15) is 5.26 Å².